The van der Waals surface area contributed by atoms with Crippen molar-refractivity contribution in [3.63, 3.8) is 0 Å². The number of nitrogens with one attached hydrogen (secondary N) is 2. The summed E-state index contributed by atoms with van der Waals surface area (Å²) >= 11 is 0. The number of ether oxygens (including phenoxy) is 2. The summed E-state index contributed by atoms with van der Waals surface area (Å²) < 4.78 is 12.3. The molecule has 4 amide bonds. The molecule has 0 bridgehead atoms. The van der Waals surface area contributed by atoms with Crippen LogP contribution in [0, 0.1) is 5.92 Å². The second kappa shape index (κ2) is 15.8. The van der Waals surface area contributed by atoms with Gasteiger partial charge in [0.1, 0.15) is 23.2 Å². The molecular weight excluding hydrogens is 706 g/mol. The Morgan fingerprint density at radius 3 is 2.38 bits per heavy atom. The molecule has 294 valence electrons. The van der Waals surface area contributed by atoms with Crippen LogP contribution in [0.3, 0.4) is 0 Å². The van der Waals surface area contributed by atoms with Crippen LogP contribution in [0.15, 0.2) is 42.6 Å². The molecule has 3 aliphatic heterocycles. The lowest BCUT2D eigenvalue weighted by Crippen LogP contribution is -2.64. The molecule has 0 spiro atoms. The number of ketones is 1. The van der Waals surface area contributed by atoms with Crippen molar-refractivity contribution >= 4 is 40.2 Å². The number of primary amides is 1. The zero-order valence-corrected chi connectivity index (χ0v) is 31.5. The fourth-order valence-corrected chi connectivity index (χ4v) is 8.63. The van der Waals surface area contributed by atoms with E-state index in [1.165, 1.54) is 21.3 Å². The predicted octanol–water partition coefficient (Wildman–Crippen LogP) is 2.40. The molecule has 2 aromatic carbocycles. The van der Waals surface area contributed by atoms with E-state index < -0.39 is 58.7 Å². The van der Waals surface area contributed by atoms with E-state index in [9.17, 15) is 29.1 Å². The summed E-state index contributed by atoms with van der Waals surface area (Å²) in [5.74, 6) is -3.03. The molecule has 4 aliphatic rings. The molecule has 3 aromatic rings. The molecule has 5 N–H and O–H groups in total. The SMILES string of the molecule is CC(C)(O)c1cnnn1[C@H]1C[C@@H](C(=O)NC2(C(=O)C(N)=O)CCOCC2)N(C(=O)[C@@H](CC2CCCCC2)NC(=O)c2ccc3cc(C4COC4)ccc3c2)C1. The number of aromatic nitrogens is 3. The summed E-state index contributed by atoms with van der Waals surface area (Å²) in [4.78, 5) is 70.2. The van der Waals surface area contributed by atoms with Gasteiger partial charge < -0.3 is 35.8 Å². The van der Waals surface area contributed by atoms with E-state index in [4.69, 9.17) is 15.2 Å². The number of fused-ring (bicyclic) bond motifs is 1. The van der Waals surface area contributed by atoms with Gasteiger partial charge in [-0.15, -0.1) is 5.10 Å². The van der Waals surface area contributed by atoms with Gasteiger partial charge >= 0.3 is 0 Å². The van der Waals surface area contributed by atoms with Gasteiger partial charge in [0.15, 0.2) is 0 Å². The molecule has 4 fully saturated rings. The number of nitrogens with zero attached hydrogens (tertiary/aromatic N) is 4. The Labute approximate surface area is 319 Å². The van der Waals surface area contributed by atoms with Gasteiger partial charge in [-0.1, -0.05) is 61.6 Å². The van der Waals surface area contributed by atoms with Crippen LogP contribution in [0.5, 0.6) is 0 Å². The molecule has 15 heteroatoms. The Hall–Kier alpha value is -4.73. The molecule has 1 saturated carbocycles. The first-order chi connectivity index (χ1) is 26.3. The lowest BCUT2D eigenvalue weighted by Gasteiger charge is -2.37. The lowest BCUT2D eigenvalue weighted by molar-refractivity contribution is -0.147. The van der Waals surface area contributed by atoms with E-state index in [1.54, 1.807) is 19.9 Å². The van der Waals surface area contributed by atoms with E-state index in [0.29, 0.717) is 36.8 Å². The predicted molar refractivity (Wildman–Crippen MR) is 200 cm³/mol. The van der Waals surface area contributed by atoms with Crippen molar-refractivity contribution in [1.29, 1.82) is 0 Å². The number of carbonyl (C=O) groups excluding carboxylic acids is 5. The summed E-state index contributed by atoms with van der Waals surface area (Å²) in [5.41, 5.74) is 4.53. The number of amides is 4. The van der Waals surface area contributed by atoms with Crippen LogP contribution in [-0.2, 0) is 34.3 Å². The van der Waals surface area contributed by atoms with E-state index in [1.807, 2.05) is 18.2 Å². The minimum Gasteiger partial charge on any atom is -0.384 e. The van der Waals surface area contributed by atoms with Crippen molar-refractivity contribution in [2.24, 2.45) is 11.7 Å². The maximum Gasteiger partial charge on any atom is 0.287 e. The molecule has 0 radical (unpaired) electrons. The first-order valence-corrected chi connectivity index (χ1v) is 19.4. The Kier molecular flexibility index (Phi) is 11.1. The van der Waals surface area contributed by atoms with E-state index in [2.05, 4.69) is 33.1 Å². The highest BCUT2D eigenvalue weighted by atomic mass is 16.5. The van der Waals surface area contributed by atoms with Crippen LogP contribution >= 0.6 is 0 Å². The number of hydrogen-bond donors (Lipinski definition) is 4. The zero-order chi connectivity index (χ0) is 38.9. The second-order valence-corrected chi connectivity index (χ2v) is 16.2. The van der Waals surface area contributed by atoms with Gasteiger partial charge in [-0.25, -0.2) is 4.68 Å². The Morgan fingerprint density at radius 2 is 1.71 bits per heavy atom. The molecule has 1 aliphatic carbocycles. The number of benzene rings is 2. The van der Waals surface area contributed by atoms with Crippen molar-refractivity contribution in [2.75, 3.05) is 33.0 Å². The third-order valence-corrected chi connectivity index (χ3v) is 11.9. The highest BCUT2D eigenvalue weighted by molar-refractivity contribution is 6.39. The number of aliphatic hydroxyl groups is 1. The van der Waals surface area contributed by atoms with Gasteiger partial charge in [-0.3, -0.25) is 24.0 Å². The van der Waals surface area contributed by atoms with Gasteiger partial charge in [0, 0.05) is 50.5 Å². The molecule has 0 unspecified atom stereocenters. The second-order valence-electron chi connectivity index (χ2n) is 16.2. The van der Waals surface area contributed by atoms with Crippen LogP contribution in [0.4, 0.5) is 0 Å². The summed E-state index contributed by atoms with van der Waals surface area (Å²) in [6.07, 6.45) is 7.00. The summed E-state index contributed by atoms with van der Waals surface area (Å²) in [5, 5.41) is 27.0. The average Bonchev–Trinajstić information content (AvgIpc) is 3.83. The van der Waals surface area contributed by atoms with Crippen LogP contribution in [0.1, 0.15) is 105 Å². The topological polar surface area (TPSA) is 208 Å². The molecule has 55 heavy (non-hydrogen) atoms. The number of likely N-dealkylation sites (tertiary alicyclic amines) is 1. The zero-order valence-electron chi connectivity index (χ0n) is 31.5. The quantitative estimate of drug-likeness (QED) is 0.199. The minimum absolute atomic E-state index is 0.0185. The Morgan fingerprint density at radius 1 is 1.00 bits per heavy atom. The molecule has 15 nitrogen and oxygen atoms in total. The first kappa shape index (κ1) is 38.5. The minimum atomic E-state index is -1.59. The number of nitrogens with two attached hydrogens (primary N) is 1. The highest BCUT2D eigenvalue weighted by Gasteiger charge is 2.49. The van der Waals surface area contributed by atoms with Crippen molar-refractivity contribution in [2.45, 2.75) is 107 Å². The standard InChI is InChI=1S/C40H51N7O8/c1-39(2,53)33-20-42-45-47(33)30-19-32(37(51)44-40(34(48)35(41)49)12-14-54-15-13-40)46(21-30)38(52)31(16-24-6-4-3-5-7-24)43-36(50)28-11-10-25-17-27(29-22-55-23-29)9-8-26(25)18-28/h8-11,17-18,20,24,29-32,53H,3-7,12-16,19,21-23H2,1-2H3,(H2,41,49)(H,43,50)(H,44,51)/t30-,31+,32-/m0/s1. The van der Waals surface area contributed by atoms with Gasteiger partial charge in [-0.05, 0) is 54.7 Å². The van der Waals surface area contributed by atoms with Crippen LogP contribution in [-0.4, -0.2) is 105 Å². The van der Waals surface area contributed by atoms with Crippen LogP contribution < -0.4 is 16.4 Å². The van der Waals surface area contributed by atoms with E-state index in [-0.39, 0.29) is 44.9 Å². The fourth-order valence-electron chi connectivity index (χ4n) is 8.63. The number of Topliss-reactive ketones (excluding diaryl/α,β-unsaturated/α-hetero) is 1. The van der Waals surface area contributed by atoms with Crippen molar-refractivity contribution < 1.29 is 38.6 Å². The van der Waals surface area contributed by atoms with E-state index >= 15 is 0 Å². The molecule has 1 aromatic heterocycles. The van der Waals surface area contributed by atoms with Crippen molar-refractivity contribution in [3.8, 4) is 0 Å². The molecule has 7 rings (SSSR count). The van der Waals surface area contributed by atoms with E-state index in [0.717, 1.165) is 42.9 Å². The monoisotopic (exact) mass is 757 g/mol. The van der Waals surface area contributed by atoms with Gasteiger partial charge in [0.25, 0.3) is 11.8 Å². The Bertz CT molecular complexity index is 1940. The summed E-state index contributed by atoms with van der Waals surface area (Å²) in [6, 6.07) is 9.01. The van der Waals surface area contributed by atoms with Gasteiger partial charge in [-0.2, -0.15) is 0 Å². The maximum atomic E-state index is 14.9. The van der Waals surface area contributed by atoms with Gasteiger partial charge in [0.05, 0.1) is 31.1 Å². The number of rotatable bonds is 12. The molecule has 4 heterocycles. The normalized spacial score (nSPS) is 22.5. The fraction of sp³-hybridized carbons (Fsp3) is 0.575. The van der Waals surface area contributed by atoms with Crippen LogP contribution in [0.2, 0.25) is 0 Å². The lowest BCUT2D eigenvalue weighted by atomic mass is 9.84. The molecule has 3 atom stereocenters. The third kappa shape index (κ3) is 8.14. The average molecular weight is 758 g/mol. The van der Waals surface area contributed by atoms with Crippen molar-refractivity contribution in [3.05, 3.63) is 59.4 Å². The summed E-state index contributed by atoms with van der Waals surface area (Å²) in [6.45, 7) is 4.87. The Balaban J connectivity index is 1.19. The molecular formula is C40H51N7O8. The molecule has 3 saturated heterocycles. The third-order valence-electron chi connectivity index (χ3n) is 11.9. The van der Waals surface area contributed by atoms with Crippen molar-refractivity contribution in [1.82, 2.24) is 30.5 Å². The highest BCUT2D eigenvalue weighted by Crippen LogP contribution is 2.35. The van der Waals surface area contributed by atoms with Crippen LogP contribution in [0.25, 0.3) is 10.8 Å². The summed E-state index contributed by atoms with van der Waals surface area (Å²) in [7, 11) is 0. The number of carbonyl (C=O) groups is 5. The number of hydrogen-bond acceptors (Lipinski definition) is 10. The van der Waals surface area contributed by atoms with Gasteiger partial charge in [0.2, 0.25) is 17.6 Å². The first-order valence-electron chi connectivity index (χ1n) is 19.4. The largest absolute Gasteiger partial charge is 0.384 e. The smallest absolute Gasteiger partial charge is 0.287 e. The maximum absolute atomic E-state index is 14.9.